The minimum absolute atomic E-state index is 0.0305. The predicted molar refractivity (Wildman–Crippen MR) is 50.6 cm³/mol. The lowest BCUT2D eigenvalue weighted by atomic mass is 10.5. The Balaban J connectivity index is 2.65. The number of nitrogens with zero attached hydrogens (tertiary/aromatic N) is 1. The van der Waals surface area contributed by atoms with Crippen LogP contribution in [0.4, 0.5) is 5.00 Å². The highest BCUT2D eigenvalue weighted by Crippen LogP contribution is 2.24. The van der Waals surface area contributed by atoms with Crippen LogP contribution in [0.25, 0.3) is 0 Å². The van der Waals surface area contributed by atoms with Gasteiger partial charge in [-0.15, -0.1) is 0 Å². The first-order valence-electron chi connectivity index (χ1n) is 3.46. The van der Waals surface area contributed by atoms with Gasteiger partial charge in [-0.05, 0) is 6.07 Å². The Bertz CT molecular complexity index is 435. The molecule has 0 spiro atoms. The van der Waals surface area contributed by atoms with E-state index in [4.69, 9.17) is 0 Å². The van der Waals surface area contributed by atoms with Crippen LogP contribution in [0.2, 0.25) is 0 Å². The summed E-state index contributed by atoms with van der Waals surface area (Å²) in [6.45, 7) is -0.155. The zero-order valence-corrected chi connectivity index (χ0v) is 8.80. The van der Waals surface area contributed by atoms with Crippen LogP contribution < -0.4 is 0 Å². The molecule has 0 saturated heterocycles. The summed E-state index contributed by atoms with van der Waals surface area (Å²) in [4.78, 5) is 10.2. The largest absolute Gasteiger partial charge is 0.324 e. The predicted octanol–water partition coefficient (Wildman–Crippen LogP) is 1.13. The van der Waals surface area contributed by atoms with E-state index in [1.54, 1.807) is 0 Å². The Labute approximate surface area is 84.4 Å². The molecule has 0 unspecified atom stereocenters. The van der Waals surface area contributed by atoms with E-state index >= 15 is 0 Å². The van der Waals surface area contributed by atoms with Crippen LogP contribution in [-0.2, 0) is 20.9 Å². The molecule has 1 aromatic heterocycles. The van der Waals surface area contributed by atoms with E-state index in [9.17, 15) is 18.5 Å². The van der Waals surface area contributed by atoms with Crippen molar-refractivity contribution in [2.24, 2.45) is 0 Å². The van der Waals surface area contributed by atoms with E-state index in [-0.39, 0.29) is 11.6 Å². The van der Waals surface area contributed by atoms with Gasteiger partial charge in [0.2, 0.25) is 0 Å². The third kappa shape index (κ3) is 3.40. The molecule has 1 heterocycles. The van der Waals surface area contributed by atoms with Crippen LogP contribution in [0.1, 0.15) is 4.88 Å². The van der Waals surface area contributed by atoms with Crippen molar-refractivity contribution in [3.8, 4) is 0 Å². The lowest BCUT2D eigenvalue weighted by molar-refractivity contribution is -0.380. The second-order valence-corrected chi connectivity index (χ2v) is 5.25. The third-order valence-corrected chi connectivity index (χ3v) is 2.80. The fraction of sp³-hybridized carbons (Fsp3) is 0.333. The van der Waals surface area contributed by atoms with E-state index in [1.807, 2.05) is 0 Å². The number of hydrogen-bond acceptors (Lipinski definition) is 6. The molecule has 1 rings (SSSR count). The van der Waals surface area contributed by atoms with Crippen molar-refractivity contribution in [1.82, 2.24) is 0 Å². The van der Waals surface area contributed by atoms with Crippen LogP contribution in [-0.4, -0.2) is 19.6 Å². The molecule has 0 bridgehead atoms. The van der Waals surface area contributed by atoms with Gasteiger partial charge in [-0.2, -0.15) is 8.42 Å². The van der Waals surface area contributed by atoms with Gasteiger partial charge in [0.15, 0.2) is 0 Å². The van der Waals surface area contributed by atoms with Crippen molar-refractivity contribution in [3.63, 3.8) is 0 Å². The summed E-state index contributed by atoms with van der Waals surface area (Å²) in [6.07, 6.45) is 0.926. The molecular formula is C6H7NO5S2. The molecule has 0 aliphatic carbocycles. The first-order chi connectivity index (χ1) is 6.38. The highest BCUT2D eigenvalue weighted by molar-refractivity contribution is 7.85. The number of hydrogen-bond donors (Lipinski definition) is 0. The highest BCUT2D eigenvalue weighted by atomic mass is 32.2. The summed E-state index contributed by atoms with van der Waals surface area (Å²) in [5, 5.41) is 10.2. The maximum atomic E-state index is 10.6. The van der Waals surface area contributed by atoms with Crippen molar-refractivity contribution in [2.75, 3.05) is 6.26 Å². The molecule has 0 saturated carbocycles. The van der Waals surface area contributed by atoms with Gasteiger partial charge in [0.25, 0.3) is 10.1 Å². The Morgan fingerprint density at radius 3 is 2.64 bits per heavy atom. The summed E-state index contributed by atoms with van der Waals surface area (Å²) in [5.41, 5.74) is 0. The van der Waals surface area contributed by atoms with E-state index in [1.165, 1.54) is 12.1 Å². The van der Waals surface area contributed by atoms with Gasteiger partial charge < -0.3 is 0 Å². The summed E-state index contributed by atoms with van der Waals surface area (Å²) in [7, 11) is -3.50. The second-order valence-electron chi connectivity index (χ2n) is 2.46. The number of thiophene rings is 1. The Morgan fingerprint density at radius 1 is 1.57 bits per heavy atom. The molecule has 0 atom stereocenters. The van der Waals surface area contributed by atoms with Crippen molar-refractivity contribution < 1.29 is 17.5 Å². The Morgan fingerprint density at radius 2 is 2.21 bits per heavy atom. The summed E-state index contributed by atoms with van der Waals surface area (Å²) in [5.74, 6) is 0. The first-order valence-corrected chi connectivity index (χ1v) is 6.09. The molecule has 0 aromatic carbocycles. The van der Waals surface area contributed by atoms with Crippen LogP contribution >= 0.6 is 11.3 Å². The van der Waals surface area contributed by atoms with Gasteiger partial charge in [-0.25, -0.2) is 0 Å². The molecule has 78 valence electrons. The Hall–Kier alpha value is -0.990. The average molecular weight is 237 g/mol. The summed E-state index contributed by atoms with van der Waals surface area (Å²) in [6, 6.07) is 2.78. The molecule has 0 amide bonds. The summed E-state index contributed by atoms with van der Waals surface area (Å²) < 4.78 is 25.7. The lowest BCUT2D eigenvalue weighted by Crippen LogP contribution is -2.01. The molecule has 0 aliphatic rings. The third-order valence-electron chi connectivity index (χ3n) is 1.24. The van der Waals surface area contributed by atoms with Crippen LogP contribution in [0.15, 0.2) is 12.1 Å². The van der Waals surface area contributed by atoms with Gasteiger partial charge >= 0.3 is 5.00 Å². The topological polar surface area (TPSA) is 86.5 Å². The molecule has 0 radical (unpaired) electrons. The smallest absolute Gasteiger partial charge is 0.265 e. The van der Waals surface area contributed by atoms with Crippen molar-refractivity contribution in [3.05, 3.63) is 27.1 Å². The minimum Gasteiger partial charge on any atom is -0.265 e. The van der Waals surface area contributed by atoms with Crippen LogP contribution in [0.5, 0.6) is 0 Å². The molecule has 14 heavy (non-hydrogen) atoms. The van der Waals surface area contributed by atoms with Crippen molar-refractivity contribution in [2.45, 2.75) is 6.61 Å². The molecular weight excluding hydrogens is 230 g/mol. The lowest BCUT2D eigenvalue weighted by Gasteiger charge is -1.96. The molecule has 8 heteroatoms. The van der Waals surface area contributed by atoms with Gasteiger partial charge in [0.1, 0.15) is 6.61 Å². The molecule has 0 N–H and O–H groups in total. The van der Waals surface area contributed by atoms with Crippen molar-refractivity contribution in [1.29, 1.82) is 0 Å². The number of rotatable bonds is 4. The average Bonchev–Trinajstić information content (AvgIpc) is 2.47. The standard InChI is InChI=1S/C6H7NO5S2/c1-14(10,11)12-4-5-2-3-6(13-5)7(8)9/h2-3H,4H2,1H3. The van der Waals surface area contributed by atoms with Gasteiger partial charge in [0, 0.05) is 10.9 Å². The molecule has 0 aliphatic heterocycles. The van der Waals surface area contributed by atoms with Gasteiger partial charge in [0.05, 0.1) is 11.2 Å². The quantitative estimate of drug-likeness (QED) is 0.445. The maximum Gasteiger partial charge on any atom is 0.324 e. The monoisotopic (exact) mass is 237 g/mol. The fourth-order valence-corrected chi connectivity index (χ4v) is 1.86. The Kier molecular flexibility index (Phi) is 3.19. The maximum absolute atomic E-state index is 10.6. The second kappa shape index (κ2) is 4.03. The molecule has 1 aromatic rings. The summed E-state index contributed by atoms with van der Waals surface area (Å²) >= 11 is 0.893. The zero-order chi connectivity index (χ0) is 10.8. The first kappa shape index (κ1) is 11.1. The zero-order valence-electron chi connectivity index (χ0n) is 7.17. The fourth-order valence-electron chi connectivity index (χ4n) is 0.707. The highest BCUT2D eigenvalue weighted by Gasteiger charge is 2.11. The number of nitro groups is 1. The minimum atomic E-state index is -3.50. The normalized spacial score (nSPS) is 11.5. The van der Waals surface area contributed by atoms with E-state index in [0.717, 1.165) is 17.6 Å². The molecule has 0 fully saturated rings. The SMILES string of the molecule is CS(=O)(=O)OCc1ccc([N+](=O)[O-])s1. The molecule has 6 nitrogen and oxygen atoms in total. The van der Waals surface area contributed by atoms with E-state index < -0.39 is 15.0 Å². The van der Waals surface area contributed by atoms with Crippen LogP contribution in [0, 0.1) is 10.1 Å². The van der Waals surface area contributed by atoms with Crippen LogP contribution in [0.3, 0.4) is 0 Å². The van der Waals surface area contributed by atoms with Gasteiger partial charge in [-0.1, -0.05) is 11.3 Å². The van der Waals surface area contributed by atoms with Crippen molar-refractivity contribution >= 4 is 26.5 Å². The van der Waals surface area contributed by atoms with E-state index in [0.29, 0.717) is 4.88 Å². The van der Waals surface area contributed by atoms with E-state index in [2.05, 4.69) is 4.18 Å². The van der Waals surface area contributed by atoms with Gasteiger partial charge in [-0.3, -0.25) is 14.3 Å².